The summed E-state index contributed by atoms with van der Waals surface area (Å²) in [6.07, 6.45) is -4.08. The lowest BCUT2D eigenvalue weighted by Gasteiger charge is -2.40. The molecule has 0 unspecified atom stereocenters. The summed E-state index contributed by atoms with van der Waals surface area (Å²) in [7, 11) is 0. The second kappa shape index (κ2) is 4.98. The van der Waals surface area contributed by atoms with Gasteiger partial charge in [-0.25, -0.2) is 0 Å². The number of rotatable bonds is 2. The van der Waals surface area contributed by atoms with Gasteiger partial charge in [-0.3, -0.25) is 4.79 Å². The van der Waals surface area contributed by atoms with Crippen LogP contribution in [0.2, 0.25) is 0 Å². The lowest BCUT2D eigenvalue weighted by Crippen LogP contribution is -2.55. The van der Waals surface area contributed by atoms with Crippen LogP contribution in [0.15, 0.2) is 30.3 Å². The van der Waals surface area contributed by atoms with E-state index in [1.54, 1.807) is 0 Å². The van der Waals surface area contributed by atoms with Gasteiger partial charge in [0, 0.05) is 25.9 Å². The Kier molecular flexibility index (Phi) is 3.47. The summed E-state index contributed by atoms with van der Waals surface area (Å²) in [5.41, 5.74) is -2.29. The number of carbonyl (C=O) groups excluding carboxylic acids is 1. The second-order valence-electron chi connectivity index (χ2n) is 6.27. The van der Waals surface area contributed by atoms with Gasteiger partial charge in [-0.2, -0.15) is 13.2 Å². The van der Waals surface area contributed by atoms with E-state index in [9.17, 15) is 23.1 Å². The normalized spacial score (nSPS) is 23.2. The Bertz CT molecular complexity index is 559. The molecule has 3 nitrogen and oxygen atoms in total. The minimum Gasteiger partial charge on any atom is -0.380 e. The van der Waals surface area contributed by atoms with Gasteiger partial charge in [0.1, 0.15) is 0 Å². The summed E-state index contributed by atoms with van der Waals surface area (Å²) in [5.74, 6) is -0.108. The smallest absolute Gasteiger partial charge is 0.380 e. The third-order valence-corrected chi connectivity index (χ3v) is 4.89. The van der Waals surface area contributed by atoms with Gasteiger partial charge in [0.25, 0.3) is 0 Å². The van der Waals surface area contributed by atoms with Crippen LogP contribution in [0.4, 0.5) is 13.2 Å². The molecule has 3 rings (SSSR count). The first-order valence-corrected chi connectivity index (χ1v) is 7.43. The highest BCUT2D eigenvalue weighted by molar-refractivity contribution is 5.91. The van der Waals surface area contributed by atoms with Crippen LogP contribution in [0.1, 0.15) is 31.2 Å². The molecule has 1 saturated heterocycles. The SMILES string of the molecule is O=C(N1CCC(O)(C(F)(F)F)CC1)C1(c2ccccc2)CC1. The molecule has 0 aromatic heterocycles. The highest BCUT2D eigenvalue weighted by Gasteiger charge is 2.58. The van der Waals surface area contributed by atoms with E-state index in [2.05, 4.69) is 0 Å². The molecule has 1 aromatic rings. The number of likely N-dealkylation sites (tertiary alicyclic amines) is 1. The van der Waals surface area contributed by atoms with Crippen molar-refractivity contribution in [3.05, 3.63) is 35.9 Å². The van der Waals surface area contributed by atoms with Crippen LogP contribution in [0.3, 0.4) is 0 Å². The van der Waals surface area contributed by atoms with Crippen LogP contribution in [-0.2, 0) is 10.2 Å². The van der Waals surface area contributed by atoms with Crippen molar-refractivity contribution in [2.75, 3.05) is 13.1 Å². The van der Waals surface area contributed by atoms with Gasteiger partial charge < -0.3 is 10.0 Å². The Morgan fingerprint density at radius 1 is 1.05 bits per heavy atom. The maximum Gasteiger partial charge on any atom is 0.417 e. The molecule has 22 heavy (non-hydrogen) atoms. The fraction of sp³-hybridized carbons (Fsp3) is 0.562. The van der Waals surface area contributed by atoms with Gasteiger partial charge in [-0.1, -0.05) is 30.3 Å². The first kappa shape index (κ1) is 15.3. The summed E-state index contributed by atoms with van der Waals surface area (Å²) in [5, 5.41) is 9.68. The van der Waals surface area contributed by atoms with Crippen molar-refractivity contribution in [1.82, 2.24) is 4.90 Å². The van der Waals surface area contributed by atoms with Crippen molar-refractivity contribution in [2.24, 2.45) is 0 Å². The molecule has 1 saturated carbocycles. The Labute approximate surface area is 126 Å². The first-order chi connectivity index (χ1) is 10.3. The monoisotopic (exact) mass is 313 g/mol. The number of aliphatic hydroxyl groups is 1. The van der Waals surface area contributed by atoms with E-state index >= 15 is 0 Å². The molecular formula is C16H18F3NO2. The zero-order valence-corrected chi connectivity index (χ0v) is 12.1. The van der Waals surface area contributed by atoms with E-state index in [1.807, 2.05) is 30.3 Å². The molecule has 0 atom stereocenters. The lowest BCUT2D eigenvalue weighted by atomic mass is 9.88. The number of carbonyl (C=O) groups is 1. The standard InChI is InChI=1S/C16H18F3NO2/c17-16(18,19)15(22)8-10-20(11-9-15)13(21)14(6-7-14)12-4-2-1-3-5-12/h1-5,22H,6-11H2. The van der Waals surface area contributed by atoms with Gasteiger partial charge >= 0.3 is 6.18 Å². The minimum absolute atomic E-state index is 0.0522. The molecule has 6 heteroatoms. The number of nitrogens with zero attached hydrogens (tertiary/aromatic N) is 1. The summed E-state index contributed by atoms with van der Waals surface area (Å²) < 4.78 is 38.4. The molecule has 1 aromatic carbocycles. The van der Waals surface area contributed by atoms with Crippen LogP contribution in [0.5, 0.6) is 0 Å². The highest BCUT2D eigenvalue weighted by Crippen LogP contribution is 2.50. The molecule has 1 aliphatic heterocycles. The minimum atomic E-state index is -4.64. The number of alkyl halides is 3. The van der Waals surface area contributed by atoms with Gasteiger partial charge in [0.2, 0.25) is 5.91 Å². The average molecular weight is 313 g/mol. The summed E-state index contributed by atoms with van der Waals surface area (Å²) in [4.78, 5) is 14.2. The summed E-state index contributed by atoms with van der Waals surface area (Å²) >= 11 is 0. The van der Waals surface area contributed by atoms with Crippen molar-refractivity contribution >= 4 is 5.91 Å². The number of hydrogen-bond acceptors (Lipinski definition) is 2. The van der Waals surface area contributed by atoms with E-state index in [0.29, 0.717) is 0 Å². The summed E-state index contributed by atoms with van der Waals surface area (Å²) in [6, 6.07) is 9.37. The lowest BCUT2D eigenvalue weighted by molar-refractivity contribution is -0.272. The van der Waals surface area contributed by atoms with E-state index in [4.69, 9.17) is 0 Å². The molecule has 1 aliphatic carbocycles. The van der Waals surface area contributed by atoms with Gasteiger partial charge in [-0.05, 0) is 18.4 Å². The first-order valence-electron chi connectivity index (χ1n) is 7.43. The van der Waals surface area contributed by atoms with Crippen LogP contribution < -0.4 is 0 Å². The number of benzene rings is 1. The Morgan fingerprint density at radius 3 is 2.05 bits per heavy atom. The number of amides is 1. The molecule has 0 radical (unpaired) electrons. The predicted molar refractivity (Wildman–Crippen MR) is 74.2 cm³/mol. The highest BCUT2D eigenvalue weighted by atomic mass is 19.4. The Balaban J connectivity index is 1.71. The van der Waals surface area contributed by atoms with Crippen molar-refractivity contribution in [3.63, 3.8) is 0 Å². The van der Waals surface area contributed by atoms with E-state index in [-0.39, 0.29) is 19.0 Å². The Hall–Kier alpha value is -1.56. The van der Waals surface area contributed by atoms with Crippen LogP contribution >= 0.6 is 0 Å². The molecule has 1 amide bonds. The van der Waals surface area contributed by atoms with Crippen LogP contribution in [-0.4, -0.2) is 40.8 Å². The molecule has 1 N–H and O–H groups in total. The molecule has 0 spiro atoms. The third-order valence-electron chi connectivity index (χ3n) is 4.89. The third kappa shape index (κ3) is 2.39. The predicted octanol–water partition coefficient (Wildman–Crippen LogP) is 2.63. The van der Waals surface area contributed by atoms with Crippen molar-refractivity contribution in [2.45, 2.75) is 42.9 Å². The summed E-state index contributed by atoms with van der Waals surface area (Å²) in [6.45, 7) is -0.104. The maximum absolute atomic E-state index is 12.8. The van der Waals surface area contributed by atoms with Crippen molar-refractivity contribution in [1.29, 1.82) is 0 Å². The van der Waals surface area contributed by atoms with E-state index in [1.165, 1.54) is 4.90 Å². The topological polar surface area (TPSA) is 40.5 Å². The van der Waals surface area contributed by atoms with E-state index < -0.39 is 30.0 Å². The molecule has 120 valence electrons. The van der Waals surface area contributed by atoms with Gasteiger partial charge in [-0.15, -0.1) is 0 Å². The quantitative estimate of drug-likeness (QED) is 0.912. The van der Waals surface area contributed by atoms with Gasteiger partial charge in [0.15, 0.2) is 5.60 Å². The van der Waals surface area contributed by atoms with Gasteiger partial charge in [0.05, 0.1) is 5.41 Å². The zero-order valence-electron chi connectivity index (χ0n) is 12.1. The molecular weight excluding hydrogens is 295 g/mol. The van der Waals surface area contributed by atoms with Crippen molar-refractivity contribution in [3.8, 4) is 0 Å². The van der Waals surface area contributed by atoms with E-state index in [0.717, 1.165) is 18.4 Å². The average Bonchev–Trinajstić information content (AvgIpc) is 3.29. The second-order valence-corrected chi connectivity index (χ2v) is 6.27. The fourth-order valence-corrected chi connectivity index (χ4v) is 3.17. The zero-order chi connectivity index (χ0) is 16.0. The molecule has 2 fully saturated rings. The number of halogens is 3. The molecule has 1 heterocycles. The van der Waals surface area contributed by atoms with Crippen LogP contribution in [0.25, 0.3) is 0 Å². The van der Waals surface area contributed by atoms with Crippen LogP contribution in [0, 0.1) is 0 Å². The fourth-order valence-electron chi connectivity index (χ4n) is 3.17. The molecule has 0 bridgehead atoms. The Morgan fingerprint density at radius 2 is 1.59 bits per heavy atom. The molecule has 2 aliphatic rings. The number of piperidine rings is 1. The number of hydrogen-bond donors (Lipinski definition) is 1. The van der Waals surface area contributed by atoms with Crippen molar-refractivity contribution < 1.29 is 23.1 Å². The maximum atomic E-state index is 12.8. The largest absolute Gasteiger partial charge is 0.417 e.